The number of carbonyl (C=O) groups is 2. The molecule has 36 heavy (non-hydrogen) atoms. The van der Waals surface area contributed by atoms with Crippen LogP contribution in [-0.4, -0.2) is 29.1 Å². The fraction of sp³-hybridized carbons (Fsp3) is 0.103. The molecule has 178 valence electrons. The van der Waals surface area contributed by atoms with Crippen molar-refractivity contribution >= 4 is 22.9 Å². The Labute approximate surface area is 207 Å². The van der Waals surface area contributed by atoms with E-state index >= 15 is 0 Å². The van der Waals surface area contributed by atoms with Crippen molar-refractivity contribution in [2.75, 3.05) is 11.4 Å². The number of nitro benzene ring substituents is 1. The molecule has 7 heteroatoms. The quantitative estimate of drug-likeness (QED) is 0.184. The van der Waals surface area contributed by atoms with Gasteiger partial charge in [-0.15, -0.1) is 0 Å². The van der Waals surface area contributed by atoms with Gasteiger partial charge in [-0.05, 0) is 30.3 Å². The molecule has 0 aromatic heterocycles. The van der Waals surface area contributed by atoms with E-state index in [-0.39, 0.29) is 23.8 Å². The van der Waals surface area contributed by atoms with Crippen molar-refractivity contribution in [2.45, 2.75) is 12.1 Å². The summed E-state index contributed by atoms with van der Waals surface area (Å²) in [5, 5.41) is 11.1. The van der Waals surface area contributed by atoms with Crippen LogP contribution in [0.3, 0.4) is 0 Å². The molecule has 7 nitrogen and oxygen atoms in total. The van der Waals surface area contributed by atoms with Crippen LogP contribution in [0.5, 0.6) is 5.75 Å². The smallest absolute Gasteiger partial charge is 0.269 e. The van der Waals surface area contributed by atoms with Gasteiger partial charge in [0.05, 0.1) is 11.5 Å². The van der Waals surface area contributed by atoms with Gasteiger partial charge < -0.3 is 9.64 Å². The molecule has 1 heterocycles. The lowest BCUT2D eigenvalue weighted by Gasteiger charge is -2.33. The molecule has 0 N–H and O–H groups in total. The van der Waals surface area contributed by atoms with Gasteiger partial charge in [-0.25, -0.2) is 0 Å². The molecule has 0 spiro atoms. The number of hydrogen-bond donors (Lipinski definition) is 0. The molecule has 2 unspecified atom stereocenters. The Morgan fingerprint density at radius 2 is 1.39 bits per heavy atom. The highest BCUT2D eigenvalue weighted by atomic mass is 16.6. The number of fused-ring (bicyclic) bond motifs is 1. The molecule has 4 aromatic rings. The largest absolute Gasteiger partial charge is 0.479 e. The van der Waals surface area contributed by atoms with Crippen LogP contribution in [0, 0.1) is 10.1 Å². The summed E-state index contributed by atoms with van der Waals surface area (Å²) in [6.45, 7) is 0.0282. The predicted octanol–water partition coefficient (Wildman–Crippen LogP) is 5.67. The number of nitro groups is 1. The van der Waals surface area contributed by atoms with Crippen LogP contribution < -0.4 is 9.64 Å². The summed E-state index contributed by atoms with van der Waals surface area (Å²) in [6, 6.07) is 30.7. The number of ether oxygens (including phenoxy) is 1. The second kappa shape index (κ2) is 9.84. The van der Waals surface area contributed by atoms with Crippen LogP contribution in [0.2, 0.25) is 0 Å². The van der Waals surface area contributed by atoms with Gasteiger partial charge in [0.25, 0.3) is 5.69 Å². The molecule has 1 aliphatic heterocycles. The Hall–Kier alpha value is -4.78. The first-order valence-electron chi connectivity index (χ1n) is 11.5. The third-order valence-corrected chi connectivity index (χ3v) is 6.23. The minimum Gasteiger partial charge on any atom is -0.479 e. The number of non-ortho nitro benzene ring substituents is 1. The number of anilines is 1. The van der Waals surface area contributed by atoms with Gasteiger partial charge in [-0.1, -0.05) is 66.7 Å². The van der Waals surface area contributed by atoms with E-state index in [1.54, 1.807) is 18.2 Å². The number of benzene rings is 4. The monoisotopic (exact) mass is 478 g/mol. The van der Waals surface area contributed by atoms with E-state index in [1.165, 1.54) is 24.3 Å². The van der Waals surface area contributed by atoms with Crippen LogP contribution in [0.4, 0.5) is 11.4 Å². The van der Waals surface area contributed by atoms with Gasteiger partial charge >= 0.3 is 0 Å². The number of Topliss-reactive ketones (excluding diaryl/α,β-unsaturated/α-hetero) is 2. The summed E-state index contributed by atoms with van der Waals surface area (Å²) in [5.74, 6) is 0.153. The fourth-order valence-corrected chi connectivity index (χ4v) is 4.48. The van der Waals surface area contributed by atoms with E-state index < -0.39 is 17.1 Å². The maximum atomic E-state index is 13.7. The lowest BCUT2D eigenvalue weighted by molar-refractivity contribution is -0.384. The Bertz CT molecular complexity index is 1400. The second-order valence-corrected chi connectivity index (χ2v) is 8.44. The Balaban J connectivity index is 1.56. The molecule has 0 saturated carbocycles. The van der Waals surface area contributed by atoms with Gasteiger partial charge in [0.2, 0.25) is 5.78 Å². The van der Waals surface area contributed by atoms with E-state index in [1.807, 2.05) is 71.6 Å². The van der Waals surface area contributed by atoms with Crippen molar-refractivity contribution in [3.05, 3.63) is 136 Å². The molecule has 4 aromatic carbocycles. The van der Waals surface area contributed by atoms with Gasteiger partial charge in [-0.2, -0.15) is 0 Å². The average Bonchev–Trinajstić information content (AvgIpc) is 3.31. The topological polar surface area (TPSA) is 89.8 Å². The van der Waals surface area contributed by atoms with Crippen LogP contribution in [0.15, 0.2) is 109 Å². The molecule has 0 bridgehead atoms. The third-order valence-electron chi connectivity index (χ3n) is 6.23. The van der Waals surface area contributed by atoms with Gasteiger partial charge in [0.1, 0.15) is 11.8 Å². The molecule has 1 aliphatic rings. The van der Waals surface area contributed by atoms with Crippen LogP contribution in [-0.2, 0) is 0 Å². The van der Waals surface area contributed by atoms with Gasteiger partial charge in [0.15, 0.2) is 11.9 Å². The lowest BCUT2D eigenvalue weighted by atomic mass is 9.94. The predicted molar refractivity (Wildman–Crippen MR) is 136 cm³/mol. The minimum atomic E-state index is -0.951. The zero-order chi connectivity index (χ0) is 25.1. The molecule has 0 radical (unpaired) electrons. The number of rotatable bonds is 8. The summed E-state index contributed by atoms with van der Waals surface area (Å²) in [7, 11) is 0. The first-order chi connectivity index (χ1) is 17.5. The molecule has 2 atom stereocenters. The Morgan fingerprint density at radius 1 is 0.778 bits per heavy atom. The molecule has 0 saturated heterocycles. The zero-order valence-electron chi connectivity index (χ0n) is 19.2. The average molecular weight is 479 g/mol. The fourth-order valence-electron chi connectivity index (χ4n) is 4.48. The second-order valence-electron chi connectivity index (χ2n) is 8.44. The van der Waals surface area contributed by atoms with Crippen molar-refractivity contribution in [1.29, 1.82) is 0 Å². The SMILES string of the molecule is O=C(CN(c1ccccc1)C1c2ccccc2OC1C(=O)c1ccc([N+](=O)[O-])cc1)c1ccccc1. The van der Waals surface area contributed by atoms with E-state index in [0.29, 0.717) is 16.9 Å². The number of nitrogens with zero attached hydrogens (tertiary/aromatic N) is 2. The van der Waals surface area contributed by atoms with Gasteiger partial charge in [0, 0.05) is 34.5 Å². The van der Waals surface area contributed by atoms with E-state index in [9.17, 15) is 19.7 Å². The maximum Gasteiger partial charge on any atom is 0.269 e. The minimum absolute atomic E-state index is 0.0282. The zero-order valence-corrected chi connectivity index (χ0v) is 19.2. The summed E-state index contributed by atoms with van der Waals surface area (Å²) in [4.78, 5) is 39.5. The lowest BCUT2D eigenvalue weighted by Crippen LogP contribution is -2.42. The van der Waals surface area contributed by atoms with Gasteiger partial charge in [-0.3, -0.25) is 19.7 Å². The summed E-state index contributed by atoms with van der Waals surface area (Å²) >= 11 is 0. The first-order valence-corrected chi connectivity index (χ1v) is 11.5. The van der Waals surface area contributed by atoms with Crippen molar-refractivity contribution in [1.82, 2.24) is 0 Å². The van der Waals surface area contributed by atoms with E-state index in [4.69, 9.17) is 4.74 Å². The summed E-state index contributed by atoms with van der Waals surface area (Å²) in [5.41, 5.74) is 2.34. The van der Waals surface area contributed by atoms with Crippen molar-refractivity contribution in [3.63, 3.8) is 0 Å². The van der Waals surface area contributed by atoms with E-state index in [0.717, 1.165) is 11.3 Å². The summed E-state index contributed by atoms with van der Waals surface area (Å²) in [6.07, 6.45) is -0.951. The molecule has 0 fully saturated rings. The number of carbonyl (C=O) groups excluding carboxylic acids is 2. The number of ketones is 2. The normalized spacial score (nSPS) is 16.0. The van der Waals surface area contributed by atoms with Crippen LogP contribution in [0.25, 0.3) is 0 Å². The highest BCUT2D eigenvalue weighted by molar-refractivity contribution is 6.02. The van der Waals surface area contributed by atoms with Crippen LogP contribution >= 0.6 is 0 Å². The maximum absolute atomic E-state index is 13.7. The van der Waals surface area contributed by atoms with Crippen molar-refractivity contribution < 1.29 is 19.2 Å². The Kier molecular flexibility index (Phi) is 6.28. The first kappa shape index (κ1) is 23.0. The highest BCUT2D eigenvalue weighted by Crippen LogP contribution is 2.43. The highest BCUT2D eigenvalue weighted by Gasteiger charge is 2.43. The molecule has 0 aliphatic carbocycles. The Morgan fingerprint density at radius 3 is 2.06 bits per heavy atom. The molecule has 0 amide bonds. The summed E-state index contributed by atoms with van der Waals surface area (Å²) < 4.78 is 6.17. The van der Waals surface area contributed by atoms with Crippen LogP contribution in [0.1, 0.15) is 32.3 Å². The molecular formula is C29H22N2O5. The molecule has 5 rings (SSSR count). The third kappa shape index (κ3) is 4.46. The van der Waals surface area contributed by atoms with E-state index in [2.05, 4.69) is 0 Å². The molecular weight excluding hydrogens is 456 g/mol. The standard InChI is InChI=1S/C29H22N2O5/c32-25(20-9-3-1-4-10-20)19-30(22-11-5-2-6-12-22)27-24-13-7-8-14-26(24)36-29(27)28(33)21-15-17-23(18-16-21)31(34)35/h1-18,27,29H,19H2. The number of para-hydroxylation sites is 2. The number of hydrogen-bond acceptors (Lipinski definition) is 6. The van der Waals surface area contributed by atoms with Crippen molar-refractivity contribution in [3.8, 4) is 5.75 Å². The van der Waals surface area contributed by atoms with Crippen molar-refractivity contribution in [2.24, 2.45) is 0 Å².